The lowest BCUT2D eigenvalue weighted by molar-refractivity contribution is 0.320. The van der Waals surface area contributed by atoms with Crippen LogP contribution in [0.4, 0.5) is 10.1 Å². The maximum absolute atomic E-state index is 13.5. The van der Waals surface area contributed by atoms with E-state index in [9.17, 15) is 12.8 Å². The molecule has 2 aromatic carbocycles. The maximum atomic E-state index is 13.5. The van der Waals surface area contributed by atoms with Gasteiger partial charge in [0.05, 0.1) is 12.7 Å². The second-order valence-corrected chi connectivity index (χ2v) is 6.82. The summed E-state index contributed by atoms with van der Waals surface area (Å²) in [6.07, 6.45) is 0. The maximum Gasteiger partial charge on any atom is 0.387 e. The number of rotatable bonds is 1. The summed E-state index contributed by atoms with van der Waals surface area (Å²) in [6, 6.07) is 13.0. The topological polar surface area (TPSA) is 49.9 Å². The van der Waals surface area contributed by atoms with Crippen molar-refractivity contribution in [1.82, 2.24) is 4.31 Å². The van der Waals surface area contributed by atoms with Crippen molar-refractivity contribution in [2.75, 3.05) is 18.1 Å². The molecule has 5 nitrogen and oxygen atoms in total. The van der Waals surface area contributed by atoms with E-state index in [1.807, 2.05) is 35.2 Å². The van der Waals surface area contributed by atoms with Gasteiger partial charge in [-0.05, 0) is 30.3 Å². The minimum absolute atomic E-state index is 0.187. The van der Waals surface area contributed by atoms with Gasteiger partial charge in [0.1, 0.15) is 11.6 Å². The van der Waals surface area contributed by atoms with Crippen LogP contribution in [0.25, 0.3) is 0 Å². The minimum atomic E-state index is -3.86. The zero-order valence-electron chi connectivity index (χ0n) is 11.5. The van der Waals surface area contributed by atoms with E-state index in [0.29, 0.717) is 12.1 Å². The zero-order chi connectivity index (χ0) is 15.3. The fraction of sp³-hybridized carbons (Fsp3) is 0.200. The number of hydrogen-bond donors (Lipinski definition) is 0. The molecule has 0 bridgehead atoms. The highest BCUT2D eigenvalue weighted by molar-refractivity contribution is 7.84. The van der Waals surface area contributed by atoms with Crippen LogP contribution in [0.5, 0.6) is 5.75 Å². The number of hydrogen-bond acceptors (Lipinski definition) is 4. The first-order chi connectivity index (χ1) is 10.5. The Labute approximate surface area is 127 Å². The number of para-hydroxylation sites is 1. The van der Waals surface area contributed by atoms with Crippen molar-refractivity contribution >= 4 is 16.0 Å². The fourth-order valence-electron chi connectivity index (χ4n) is 2.95. The van der Waals surface area contributed by atoms with Gasteiger partial charge < -0.3 is 9.08 Å². The van der Waals surface area contributed by atoms with Gasteiger partial charge in [0.2, 0.25) is 0 Å². The Balaban J connectivity index is 1.78. The van der Waals surface area contributed by atoms with E-state index in [0.717, 1.165) is 5.69 Å². The molecule has 0 N–H and O–H groups in total. The average molecular weight is 320 g/mol. The molecule has 0 radical (unpaired) electrons. The van der Waals surface area contributed by atoms with Crippen molar-refractivity contribution in [1.29, 1.82) is 0 Å². The quantitative estimate of drug-likeness (QED) is 0.809. The Morgan fingerprint density at radius 2 is 1.91 bits per heavy atom. The number of halogens is 1. The highest BCUT2D eigenvalue weighted by atomic mass is 32.2. The van der Waals surface area contributed by atoms with E-state index >= 15 is 0 Å². The molecule has 1 atom stereocenters. The standard InChI is InChI=1S/C15H13FN2O3S/c16-11-6-7-15-13(8-11)14-9-17(12-4-2-1-3-5-12)10-18(14)22(19,20)21-15/h1-8,14H,9-10H2/t14-/m0/s1. The molecule has 22 heavy (non-hydrogen) atoms. The van der Waals surface area contributed by atoms with Crippen molar-refractivity contribution < 1.29 is 17.0 Å². The van der Waals surface area contributed by atoms with Gasteiger partial charge >= 0.3 is 10.3 Å². The molecule has 2 aliphatic heterocycles. The van der Waals surface area contributed by atoms with Crippen molar-refractivity contribution in [2.24, 2.45) is 0 Å². The zero-order valence-corrected chi connectivity index (χ0v) is 12.3. The molecule has 2 heterocycles. The lowest BCUT2D eigenvalue weighted by Gasteiger charge is -2.28. The first-order valence-corrected chi connectivity index (χ1v) is 8.22. The molecule has 0 amide bonds. The van der Waals surface area contributed by atoms with Gasteiger partial charge in [0.15, 0.2) is 0 Å². The Kier molecular flexibility index (Phi) is 2.88. The van der Waals surface area contributed by atoms with Gasteiger partial charge in [0.25, 0.3) is 0 Å². The van der Waals surface area contributed by atoms with Crippen LogP contribution in [0.1, 0.15) is 11.6 Å². The second kappa shape index (κ2) is 4.69. The van der Waals surface area contributed by atoms with Gasteiger partial charge in [-0.1, -0.05) is 18.2 Å². The van der Waals surface area contributed by atoms with Crippen LogP contribution in [0.15, 0.2) is 48.5 Å². The number of anilines is 1. The van der Waals surface area contributed by atoms with E-state index in [1.54, 1.807) is 0 Å². The summed E-state index contributed by atoms with van der Waals surface area (Å²) in [6.45, 7) is 0.649. The molecule has 0 spiro atoms. The number of nitrogens with zero attached hydrogens (tertiary/aromatic N) is 2. The molecule has 1 saturated heterocycles. The first kappa shape index (κ1) is 13.5. The molecule has 2 aromatic rings. The summed E-state index contributed by atoms with van der Waals surface area (Å²) < 4.78 is 44.4. The Hall–Kier alpha value is -2.12. The minimum Gasteiger partial charge on any atom is -0.370 e. The summed E-state index contributed by atoms with van der Waals surface area (Å²) in [5.74, 6) is -0.197. The molecule has 4 rings (SSSR count). The van der Waals surface area contributed by atoms with Crippen molar-refractivity contribution in [2.45, 2.75) is 6.04 Å². The first-order valence-electron chi connectivity index (χ1n) is 6.85. The predicted molar refractivity (Wildman–Crippen MR) is 79.2 cm³/mol. The van der Waals surface area contributed by atoms with Crippen LogP contribution in [-0.4, -0.2) is 25.9 Å². The molecular weight excluding hydrogens is 307 g/mol. The summed E-state index contributed by atoms with van der Waals surface area (Å²) in [4.78, 5) is 1.94. The van der Waals surface area contributed by atoms with E-state index in [-0.39, 0.29) is 12.4 Å². The van der Waals surface area contributed by atoms with Crippen LogP contribution in [-0.2, 0) is 10.3 Å². The number of benzene rings is 2. The van der Waals surface area contributed by atoms with Gasteiger partial charge in [-0.3, -0.25) is 0 Å². The largest absolute Gasteiger partial charge is 0.387 e. The Bertz CT molecular complexity index is 826. The Morgan fingerprint density at radius 3 is 2.68 bits per heavy atom. The third kappa shape index (κ3) is 2.05. The third-order valence-corrected chi connectivity index (χ3v) is 5.32. The smallest absolute Gasteiger partial charge is 0.370 e. The normalized spacial score (nSPS) is 22.8. The molecule has 0 aromatic heterocycles. The highest BCUT2D eigenvalue weighted by Gasteiger charge is 2.45. The van der Waals surface area contributed by atoms with E-state index in [4.69, 9.17) is 4.18 Å². The van der Waals surface area contributed by atoms with Crippen molar-refractivity contribution in [3.8, 4) is 5.75 Å². The van der Waals surface area contributed by atoms with Crippen LogP contribution < -0.4 is 9.08 Å². The van der Waals surface area contributed by atoms with E-state index in [2.05, 4.69) is 0 Å². The van der Waals surface area contributed by atoms with Crippen LogP contribution in [0.3, 0.4) is 0 Å². The lowest BCUT2D eigenvalue weighted by Crippen LogP contribution is -2.39. The van der Waals surface area contributed by atoms with Crippen LogP contribution in [0, 0.1) is 5.82 Å². The molecule has 114 valence electrons. The van der Waals surface area contributed by atoms with E-state index < -0.39 is 22.2 Å². The molecule has 2 aliphatic rings. The highest BCUT2D eigenvalue weighted by Crippen LogP contribution is 2.42. The summed E-state index contributed by atoms with van der Waals surface area (Å²) in [7, 11) is -3.86. The number of fused-ring (bicyclic) bond motifs is 3. The summed E-state index contributed by atoms with van der Waals surface area (Å²) in [5, 5.41) is 0. The Morgan fingerprint density at radius 1 is 1.14 bits per heavy atom. The van der Waals surface area contributed by atoms with Gasteiger partial charge in [0, 0.05) is 17.8 Å². The van der Waals surface area contributed by atoms with Gasteiger partial charge in [-0.25, -0.2) is 4.39 Å². The summed E-state index contributed by atoms with van der Waals surface area (Å²) in [5.41, 5.74) is 1.48. The SMILES string of the molecule is O=S1(=O)Oc2ccc(F)cc2[C@@H]2CN(c3ccccc3)CN21. The molecule has 0 saturated carbocycles. The third-order valence-electron chi connectivity index (χ3n) is 3.99. The average Bonchev–Trinajstić information content (AvgIpc) is 2.96. The van der Waals surface area contributed by atoms with Crippen LogP contribution in [0.2, 0.25) is 0 Å². The fourth-order valence-corrected chi connectivity index (χ4v) is 4.19. The molecule has 0 unspecified atom stereocenters. The second-order valence-electron chi connectivity index (χ2n) is 5.33. The van der Waals surface area contributed by atoms with E-state index in [1.165, 1.54) is 22.5 Å². The van der Waals surface area contributed by atoms with Gasteiger partial charge in [-0.15, -0.1) is 4.31 Å². The lowest BCUT2D eigenvalue weighted by atomic mass is 10.1. The molecule has 0 aliphatic carbocycles. The molecular formula is C15H13FN2O3S. The van der Waals surface area contributed by atoms with Crippen LogP contribution >= 0.6 is 0 Å². The monoisotopic (exact) mass is 320 g/mol. The molecule has 7 heteroatoms. The summed E-state index contributed by atoms with van der Waals surface area (Å²) >= 11 is 0. The predicted octanol–water partition coefficient (Wildman–Crippen LogP) is 2.28. The van der Waals surface area contributed by atoms with Gasteiger partial charge in [-0.2, -0.15) is 8.42 Å². The van der Waals surface area contributed by atoms with Crippen molar-refractivity contribution in [3.63, 3.8) is 0 Å². The van der Waals surface area contributed by atoms with Crippen molar-refractivity contribution in [3.05, 3.63) is 59.9 Å². The molecule has 1 fully saturated rings.